The molecule has 0 spiro atoms. The molecule has 116 valence electrons. The quantitative estimate of drug-likeness (QED) is 0.816. The van der Waals surface area contributed by atoms with E-state index in [9.17, 15) is 4.79 Å². The van der Waals surface area contributed by atoms with Gasteiger partial charge in [0.2, 0.25) is 5.91 Å². The second-order valence-electron chi connectivity index (χ2n) is 6.25. The first-order chi connectivity index (χ1) is 10.3. The molecule has 3 rings (SSSR count). The summed E-state index contributed by atoms with van der Waals surface area (Å²) in [7, 11) is 2.20. The van der Waals surface area contributed by atoms with Gasteiger partial charge in [0.05, 0.1) is 0 Å². The maximum atomic E-state index is 12.5. The van der Waals surface area contributed by atoms with Gasteiger partial charge in [-0.15, -0.1) is 0 Å². The van der Waals surface area contributed by atoms with Crippen LogP contribution in [0.15, 0.2) is 12.7 Å². The monoisotopic (exact) mass is 291 g/mol. The molecule has 2 aliphatic rings. The highest BCUT2D eigenvalue weighted by Gasteiger charge is 2.37. The van der Waals surface area contributed by atoms with Crippen LogP contribution in [0.5, 0.6) is 0 Å². The van der Waals surface area contributed by atoms with E-state index in [-0.39, 0.29) is 0 Å². The van der Waals surface area contributed by atoms with Gasteiger partial charge >= 0.3 is 0 Å². The summed E-state index contributed by atoms with van der Waals surface area (Å²) in [5.74, 6) is 0.318. The van der Waals surface area contributed by atoms with Crippen LogP contribution >= 0.6 is 0 Å². The van der Waals surface area contributed by atoms with E-state index in [1.165, 1.54) is 32.1 Å². The Kier molecular flexibility index (Phi) is 4.53. The van der Waals surface area contributed by atoms with Crippen molar-refractivity contribution < 1.29 is 4.79 Å². The fourth-order valence-electron chi connectivity index (χ4n) is 3.81. The van der Waals surface area contributed by atoms with Crippen molar-refractivity contribution in [2.75, 3.05) is 20.1 Å². The van der Waals surface area contributed by atoms with E-state index in [0.29, 0.717) is 24.4 Å². The molecule has 2 fully saturated rings. The van der Waals surface area contributed by atoms with Crippen molar-refractivity contribution >= 4 is 5.91 Å². The van der Waals surface area contributed by atoms with E-state index in [1.54, 1.807) is 11.0 Å². The zero-order valence-corrected chi connectivity index (χ0v) is 12.8. The smallest absolute Gasteiger partial charge is 0.222 e. The van der Waals surface area contributed by atoms with E-state index in [2.05, 4.69) is 26.9 Å². The fourth-order valence-corrected chi connectivity index (χ4v) is 3.81. The third kappa shape index (κ3) is 3.26. The van der Waals surface area contributed by atoms with Gasteiger partial charge in [-0.25, -0.2) is 4.98 Å². The number of hydrogen-bond acceptors (Lipinski definition) is 4. The summed E-state index contributed by atoms with van der Waals surface area (Å²) in [4.78, 5) is 21.0. The van der Waals surface area contributed by atoms with Gasteiger partial charge in [-0.1, -0.05) is 0 Å². The summed E-state index contributed by atoms with van der Waals surface area (Å²) in [6.07, 6.45) is 9.53. The molecule has 21 heavy (non-hydrogen) atoms. The molecule has 1 amide bonds. The minimum Gasteiger partial charge on any atom is -0.338 e. The Bertz CT molecular complexity index is 461. The highest BCUT2D eigenvalue weighted by Crippen LogP contribution is 2.29. The molecule has 2 atom stereocenters. The van der Waals surface area contributed by atoms with Crippen molar-refractivity contribution in [3.8, 4) is 0 Å². The standard InChI is InChI=1S/C15H25N5O/c1-18-8-2-5-13(18)14-6-3-10-20(14)15(21)7-4-9-19-12-16-11-17-19/h11-14H,2-10H2,1H3. The fraction of sp³-hybridized carbons (Fsp3) is 0.800. The molecule has 6 nitrogen and oxygen atoms in total. The summed E-state index contributed by atoms with van der Waals surface area (Å²) >= 11 is 0. The van der Waals surface area contributed by atoms with Gasteiger partial charge in [0.25, 0.3) is 0 Å². The lowest BCUT2D eigenvalue weighted by molar-refractivity contribution is -0.133. The van der Waals surface area contributed by atoms with Crippen LogP contribution in [0, 0.1) is 0 Å². The molecule has 6 heteroatoms. The number of carbonyl (C=O) groups excluding carboxylic acids is 1. The number of likely N-dealkylation sites (tertiary alicyclic amines) is 2. The van der Waals surface area contributed by atoms with Crippen LogP contribution in [0.3, 0.4) is 0 Å². The number of aryl methyl sites for hydroxylation is 1. The number of amides is 1. The highest BCUT2D eigenvalue weighted by molar-refractivity contribution is 5.76. The zero-order chi connectivity index (χ0) is 14.7. The van der Waals surface area contributed by atoms with Gasteiger partial charge < -0.3 is 9.80 Å². The van der Waals surface area contributed by atoms with Gasteiger partial charge in [-0.05, 0) is 45.7 Å². The molecule has 0 aromatic carbocycles. The molecule has 1 aromatic heterocycles. The molecule has 0 radical (unpaired) electrons. The third-order valence-electron chi connectivity index (χ3n) is 4.89. The Morgan fingerprint density at radius 3 is 2.76 bits per heavy atom. The van der Waals surface area contributed by atoms with E-state index in [0.717, 1.165) is 25.9 Å². The van der Waals surface area contributed by atoms with E-state index < -0.39 is 0 Å². The summed E-state index contributed by atoms with van der Waals surface area (Å²) in [5.41, 5.74) is 0. The van der Waals surface area contributed by atoms with Crippen molar-refractivity contribution in [3.63, 3.8) is 0 Å². The molecular formula is C15H25N5O. The largest absolute Gasteiger partial charge is 0.338 e. The first-order valence-electron chi connectivity index (χ1n) is 8.08. The summed E-state index contributed by atoms with van der Waals surface area (Å²) in [5, 5.41) is 4.07. The average molecular weight is 291 g/mol. The minimum atomic E-state index is 0.318. The number of hydrogen-bond donors (Lipinski definition) is 0. The van der Waals surface area contributed by atoms with E-state index in [4.69, 9.17) is 0 Å². The van der Waals surface area contributed by atoms with Crippen molar-refractivity contribution in [1.29, 1.82) is 0 Å². The predicted octanol–water partition coefficient (Wildman–Crippen LogP) is 1.14. The molecule has 0 saturated carbocycles. The Morgan fingerprint density at radius 1 is 1.24 bits per heavy atom. The zero-order valence-electron chi connectivity index (χ0n) is 12.8. The lowest BCUT2D eigenvalue weighted by atomic mass is 10.0. The summed E-state index contributed by atoms with van der Waals surface area (Å²) in [6.45, 7) is 2.89. The topological polar surface area (TPSA) is 54.3 Å². The van der Waals surface area contributed by atoms with Crippen molar-refractivity contribution in [3.05, 3.63) is 12.7 Å². The van der Waals surface area contributed by atoms with Crippen LogP contribution < -0.4 is 0 Å². The van der Waals surface area contributed by atoms with Gasteiger partial charge in [0.1, 0.15) is 12.7 Å². The van der Waals surface area contributed by atoms with E-state index >= 15 is 0 Å². The van der Waals surface area contributed by atoms with Gasteiger partial charge in [0.15, 0.2) is 0 Å². The Labute approximate surface area is 126 Å². The Balaban J connectivity index is 1.51. The lowest BCUT2D eigenvalue weighted by Gasteiger charge is -2.33. The molecule has 0 aliphatic carbocycles. The second-order valence-corrected chi connectivity index (χ2v) is 6.25. The Hall–Kier alpha value is -1.43. The summed E-state index contributed by atoms with van der Waals surface area (Å²) < 4.78 is 1.79. The average Bonchev–Trinajstić information content (AvgIpc) is 3.18. The highest BCUT2D eigenvalue weighted by atomic mass is 16.2. The molecule has 2 aliphatic heterocycles. The first kappa shape index (κ1) is 14.5. The normalized spacial score (nSPS) is 26.6. The first-order valence-corrected chi connectivity index (χ1v) is 8.08. The van der Waals surface area contributed by atoms with Crippen molar-refractivity contribution in [2.45, 2.75) is 57.2 Å². The number of aromatic nitrogens is 3. The Morgan fingerprint density at radius 2 is 2.05 bits per heavy atom. The van der Waals surface area contributed by atoms with Crippen LogP contribution in [-0.4, -0.2) is 62.7 Å². The number of likely N-dealkylation sites (N-methyl/N-ethyl adjacent to an activating group) is 1. The van der Waals surface area contributed by atoms with E-state index in [1.807, 2.05) is 0 Å². The number of carbonyl (C=O) groups is 1. The molecule has 0 N–H and O–H groups in total. The van der Waals surface area contributed by atoms with Crippen LogP contribution in [0.2, 0.25) is 0 Å². The summed E-state index contributed by atoms with van der Waals surface area (Å²) in [6, 6.07) is 1.02. The molecule has 0 bridgehead atoms. The molecule has 1 aromatic rings. The number of nitrogens with zero attached hydrogens (tertiary/aromatic N) is 5. The SMILES string of the molecule is CN1CCCC1C1CCCN1C(=O)CCCn1cncn1. The maximum Gasteiger partial charge on any atom is 0.222 e. The molecule has 2 unspecified atom stereocenters. The molecule has 2 saturated heterocycles. The van der Waals surface area contributed by atoms with Gasteiger partial charge in [-0.3, -0.25) is 9.48 Å². The predicted molar refractivity (Wildman–Crippen MR) is 79.6 cm³/mol. The van der Waals surface area contributed by atoms with Crippen LogP contribution in [0.1, 0.15) is 38.5 Å². The molecular weight excluding hydrogens is 266 g/mol. The third-order valence-corrected chi connectivity index (χ3v) is 4.89. The second kappa shape index (κ2) is 6.56. The number of rotatable bonds is 5. The van der Waals surface area contributed by atoms with Gasteiger partial charge in [0, 0.05) is 31.6 Å². The van der Waals surface area contributed by atoms with Crippen molar-refractivity contribution in [2.24, 2.45) is 0 Å². The molecule has 3 heterocycles. The van der Waals surface area contributed by atoms with Crippen LogP contribution in [0.25, 0.3) is 0 Å². The van der Waals surface area contributed by atoms with Crippen LogP contribution in [-0.2, 0) is 11.3 Å². The lowest BCUT2D eigenvalue weighted by Crippen LogP contribution is -2.47. The van der Waals surface area contributed by atoms with Crippen molar-refractivity contribution in [1.82, 2.24) is 24.6 Å². The minimum absolute atomic E-state index is 0.318. The van der Waals surface area contributed by atoms with Gasteiger partial charge in [-0.2, -0.15) is 5.10 Å². The maximum absolute atomic E-state index is 12.5. The van der Waals surface area contributed by atoms with Crippen LogP contribution in [0.4, 0.5) is 0 Å².